The van der Waals surface area contributed by atoms with Crippen molar-refractivity contribution in [3.63, 3.8) is 0 Å². The zero-order valence-corrected chi connectivity index (χ0v) is 14.1. The number of benzene rings is 1. The molecule has 124 valence electrons. The van der Waals surface area contributed by atoms with E-state index in [4.69, 9.17) is 9.47 Å². The van der Waals surface area contributed by atoms with E-state index in [2.05, 4.69) is 9.97 Å². The van der Waals surface area contributed by atoms with Crippen molar-refractivity contribution in [2.45, 2.75) is 13.8 Å². The molecule has 0 spiro atoms. The van der Waals surface area contributed by atoms with Crippen molar-refractivity contribution < 1.29 is 14.3 Å². The summed E-state index contributed by atoms with van der Waals surface area (Å²) in [7, 11) is 0. The van der Waals surface area contributed by atoms with Gasteiger partial charge < -0.3 is 14.5 Å². The maximum atomic E-state index is 12.2. The van der Waals surface area contributed by atoms with Gasteiger partial charge in [-0.05, 0) is 31.5 Å². The summed E-state index contributed by atoms with van der Waals surface area (Å²) in [4.78, 5) is 32.1. The Kier molecular flexibility index (Phi) is 4.61. The Morgan fingerprint density at radius 1 is 1.21 bits per heavy atom. The van der Waals surface area contributed by atoms with Crippen LogP contribution in [0.25, 0.3) is 10.2 Å². The van der Waals surface area contributed by atoms with Gasteiger partial charge in [-0.15, -0.1) is 11.3 Å². The number of nitrogens with zero attached hydrogens (tertiary/aromatic N) is 1. The number of para-hydroxylation sites is 1. The number of rotatable bonds is 5. The third-order valence-electron chi connectivity index (χ3n) is 3.43. The lowest BCUT2D eigenvalue weighted by atomic mass is 10.2. The number of aryl methyl sites for hydroxylation is 2. The van der Waals surface area contributed by atoms with Gasteiger partial charge in [0, 0.05) is 0 Å². The first kappa shape index (κ1) is 16.2. The highest BCUT2D eigenvalue weighted by molar-refractivity contribution is 7.20. The van der Waals surface area contributed by atoms with Crippen LogP contribution < -0.4 is 10.3 Å². The smallest absolute Gasteiger partial charge is 0.348 e. The monoisotopic (exact) mass is 344 g/mol. The van der Waals surface area contributed by atoms with Crippen LogP contribution in [0.1, 0.15) is 21.1 Å². The number of fused-ring (bicyclic) bond motifs is 1. The molecule has 1 aromatic carbocycles. The highest BCUT2D eigenvalue weighted by Gasteiger charge is 2.19. The maximum Gasteiger partial charge on any atom is 0.348 e. The number of hydrogen-bond donors (Lipinski definition) is 1. The number of thiophene rings is 1. The minimum Gasteiger partial charge on any atom is -0.490 e. The van der Waals surface area contributed by atoms with Gasteiger partial charge >= 0.3 is 5.97 Å². The van der Waals surface area contributed by atoms with E-state index >= 15 is 0 Å². The van der Waals surface area contributed by atoms with Crippen molar-refractivity contribution in [3.05, 3.63) is 57.0 Å². The van der Waals surface area contributed by atoms with E-state index in [0.717, 1.165) is 5.75 Å². The van der Waals surface area contributed by atoms with Crippen LogP contribution in [0, 0.1) is 13.8 Å². The van der Waals surface area contributed by atoms with Crippen molar-refractivity contribution in [2.24, 2.45) is 0 Å². The molecule has 2 aromatic heterocycles. The molecular formula is C17H16N2O4S. The minimum atomic E-state index is -0.468. The van der Waals surface area contributed by atoms with Gasteiger partial charge in [0.15, 0.2) is 0 Å². The lowest BCUT2D eigenvalue weighted by Crippen LogP contribution is -2.12. The molecule has 0 saturated heterocycles. The van der Waals surface area contributed by atoms with Gasteiger partial charge in [-0.25, -0.2) is 9.78 Å². The summed E-state index contributed by atoms with van der Waals surface area (Å²) in [6.45, 7) is 3.82. The Labute approximate surface area is 142 Å². The lowest BCUT2D eigenvalue weighted by Gasteiger charge is -2.06. The number of carbonyl (C=O) groups is 1. The molecule has 0 fully saturated rings. The molecule has 0 bridgehead atoms. The molecule has 6 nitrogen and oxygen atoms in total. The van der Waals surface area contributed by atoms with Gasteiger partial charge in [0.25, 0.3) is 5.56 Å². The number of carbonyl (C=O) groups excluding carboxylic acids is 1. The highest BCUT2D eigenvalue weighted by atomic mass is 32.1. The Bertz CT molecular complexity index is 931. The van der Waals surface area contributed by atoms with Crippen LogP contribution >= 0.6 is 11.3 Å². The van der Waals surface area contributed by atoms with Gasteiger partial charge in [-0.1, -0.05) is 18.2 Å². The number of aromatic nitrogens is 2. The summed E-state index contributed by atoms with van der Waals surface area (Å²) in [6.07, 6.45) is 0. The first-order valence-electron chi connectivity index (χ1n) is 7.41. The van der Waals surface area contributed by atoms with E-state index in [1.807, 2.05) is 30.3 Å². The topological polar surface area (TPSA) is 81.3 Å². The Balaban J connectivity index is 1.67. The lowest BCUT2D eigenvalue weighted by molar-refractivity contribution is 0.0455. The van der Waals surface area contributed by atoms with Crippen LogP contribution in [0.2, 0.25) is 0 Å². The van der Waals surface area contributed by atoms with Crippen molar-refractivity contribution in [3.8, 4) is 5.75 Å². The predicted molar refractivity (Wildman–Crippen MR) is 91.9 cm³/mol. The quantitative estimate of drug-likeness (QED) is 0.568. The molecule has 3 aromatic rings. The molecule has 7 heteroatoms. The summed E-state index contributed by atoms with van der Waals surface area (Å²) < 4.78 is 10.7. The van der Waals surface area contributed by atoms with Gasteiger partial charge in [-0.3, -0.25) is 4.79 Å². The van der Waals surface area contributed by atoms with Crippen molar-refractivity contribution in [1.82, 2.24) is 9.97 Å². The number of hydrogen-bond acceptors (Lipinski definition) is 6. The maximum absolute atomic E-state index is 12.2. The van der Waals surface area contributed by atoms with Crippen LogP contribution in [0.4, 0.5) is 0 Å². The van der Waals surface area contributed by atoms with Crippen LogP contribution in [0.5, 0.6) is 5.75 Å². The number of H-pyrrole nitrogens is 1. The summed E-state index contributed by atoms with van der Waals surface area (Å²) >= 11 is 1.17. The molecule has 0 aliphatic heterocycles. The molecule has 0 amide bonds. The molecule has 0 unspecified atom stereocenters. The van der Waals surface area contributed by atoms with Crippen LogP contribution in [0.15, 0.2) is 35.1 Å². The second-order valence-electron chi connectivity index (χ2n) is 5.19. The second kappa shape index (κ2) is 6.84. The molecule has 0 aliphatic rings. The average molecular weight is 344 g/mol. The van der Waals surface area contributed by atoms with E-state index in [0.29, 0.717) is 26.5 Å². The van der Waals surface area contributed by atoms with Gasteiger partial charge in [-0.2, -0.15) is 0 Å². The van der Waals surface area contributed by atoms with E-state index in [1.165, 1.54) is 11.3 Å². The van der Waals surface area contributed by atoms with Gasteiger partial charge in [0.05, 0.1) is 5.39 Å². The van der Waals surface area contributed by atoms with Gasteiger partial charge in [0.1, 0.15) is 34.5 Å². The van der Waals surface area contributed by atoms with E-state index < -0.39 is 5.97 Å². The SMILES string of the molecule is Cc1nc2sc(C(=O)OCCOc3ccccc3)c(C)c2c(=O)[nH]1. The average Bonchev–Trinajstić information content (AvgIpc) is 2.89. The van der Waals surface area contributed by atoms with Crippen LogP contribution in [-0.2, 0) is 4.74 Å². The molecule has 0 atom stereocenters. The zero-order chi connectivity index (χ0) is 17.1. The number of ether oxygens (including phenoxy) is 2. The van der Waals surface area contributed by atoms with Crippen molar-refractivity contribution >= 4 is 27.5 Å². The fourth-order valence-electron chi connectivity index (χ4n) is 2.32. The Morgan fingerprint density at radius 3 is 2.71 bits per heavy atom. The summed E-state index contributed by atoms with van der Waals surface area (Å²) in [5, 5.41) is 0.443. The van der Waals surface area contributed by atoms with Crippen molar-refractivity contribution in [1.29, 1.82) is 0 Å². The number of aromatic amines is 1. The van der Waals surface area contributed by atoms with Crippen LogP contribution in [0.3, 0.4) is 0 Å². The standard InChI is InChI=1S/C17H16N2O4S/c1-10-13-15(20)18-11(2)19-16(13)24-14(10)17(21)23-9-8-22-12-6-4-3-5-7-12/h3-7H,8-9H2,1-2H3,(H,18,19,20). The zero-order valence-electron chi connectivity index (χ0n) is 13.3. The van der Waals surface area contributed by atoms with Crippen LogP contribution in [-0.4, -0.2) is 29.2 Å². The van der Waals surface area contributed by atoms with E-state index in [9.17, 15) is 9.59 Å². The molecule has 0 saturated carbocycles. The molecular weight excluding hydrogens is 328 g/mol. The molecule has 3 rings (SSSR count). The van der Waals surface area contributed by atoms with Gasteiger partial charge in [0.2, 0.25) is 0 Å². The molecule has 0 radical (unpaired) electrons. The molecule has 24 heavy (non-hydrogen) atoms. The third kappa shape index (κ3) is 3.30. The highest BCUT2D eigenvalue weighted by Crippen LogP contribution is 2.27. The van der Waals surface area contributed by atoms with E-state index in [-0.39, 0.29) is 18.8 Å². The predicted octanol–water partition coefficient (Wildman–Crippen LogP) is 2.84. The largest absolute Gasteiger partial charge is 0.490 e. The summed E-state index contributed by atoms with van der Waals surface area (Å²) in [5.74, 6) is 0.770. The molecule has 0 aliphatic carbocycles. The van der Waals surface area contributed by atoms with Crippen molar-refractivity contribution in [2.75, 3.05) is 13.2 Å². The fraction of sp³-hybridized carbons (Fsp3) is 0.235. The first-order chi connectivity index (χ1) is 11.6. The summed E-state index contributed by atoms with van der Waals surface area (Å²) in [6, 6.07) is 9.30. The Hall–Kier alpha value is -2.67. The normalized spacial score (nSPS) is 10.8. The number of esters is 1. The molecule has 1 N–H and O–H groups in total. The fourth-order valence-corrected chi connectivity index (χ4v) is 3.44. The first-order valence-corrected chi connectivity index (χ1v) is 8.23. The third-order valence-corrected chi connectivity index (χ3v) is 4.60. The Morgan fingerprint density at radius 2 is 1.96 bits per heavy atom. The molecule has 2 heterocycles. The summed E-state index contributed by atoms with van der Waals surface area (Å²) in [5.41, 5.74) is 0.357. The number of nitrogens with one attached hydrogen (secondary N) is 1. The second-order valence-corrected chi connectivity index (χ2v) is 6.18. The van der Waals surface area contributed by atoms with E-state index in [1.54, 1.807) is 13.8 Å². The minimum absolute atomic E-state index is 0.129.